The molecule has 0 radical (unpaired) electrons. The molecule has 1 aromatic carbocycles. The van der Waals surface area contributed by atoms with Crippen LogP contribution in [0.2, 0.25) is 0 Å². The van der Waals surface area contributed by atoms with Crippen LogP contribution in [0.25, 0.3) is 22.8 Å². The molecule has 1 saturated carbocycles. The topological polar surface area (TPSA) is 105 Å². The number of carbonyl (C=O) groups excluding carboxylic acids is 1. The molecule has 42 heavy (non-hydrogen) atoms. The number of amides is 2. The first kappa shape index (κ1) is 27.4. The lowest BCUT2D eigenvalue weighted by atomic mass is 10.1. The summed E-state index contributed by atoms with van der Waals surface area (Å²) in [5.74, 6) is 0.333. The fourth-order valence-electron chi connectivity index (χ4n) is 4.94. The summed E-state index contributed by atoms with van der Waals surface area (Å²) in [5.41, 5.74) is 1.01. The van der Waals surface area contributed by atoms with Crippen LogP contribution < -0.4 is 14.6 Å². The Morgan fingerprint density at radius 2 is 1.83 bits per heavy atom. The molecule has 1 aliphatic heterocycles. The van der Waals surface area contributed by atoms with Crippen molar-refractivity contribution in [1.82, 2.24) is 34.5 Å². The lowest BCUT2D eigenvalue weighted by Gasteiger charge is -2.41. The van der Waals surface area contributed by atoms with Crippen molar-refractivity contribution in [3.63, 3.8) is 0 Å². The lowest BCUT2D eigenvalue weighted by Crippen LogP contribution is -2.53. The van der Waals surface area contributed by atoms with Gasteiger partial charge in [-0.3, -0.25) is 9.91 Å². The summed E-state index contributed by atoms with van der Waals surface area (Å²) in [5, 5.41) is 2.92. The predicted molar refractivity (Wildman–Crippen MR) is 143 cm³/mol. The van der Waals surface area contributed by atoms with Crippen LogP contribution >= 0.6 is 0 Å². The number of rotatable bonds is 6. The minimum Gasteiger partial charge on any atom is -0.480 e. The molecule has 1 aliphatic carbocycles. The van der Waals surface area contributed by atoms with Gasteiger partial charge < -0.3 is 9.30 Å². The van der Waals surface area contributed by atoms with E-state index in [2.05, 4.69) is 19.9 Å². The molecule has 4 aromatic rings. The third kappa shape index (κ3) is 4.63. The molecule has 0 saturated heterocycles. The van der Waals surface area contributed by atoms with Gasteiger partial charge in [0.05, 0.1) is 31.1 Å². The maximum atomic E-state index is 15.3. The van der Waals surface area contributed by atoms with Crippen molar-refractivity contribution in [1.29, 1.82) is 0 Å². The summed E-state index contributed by atoms with van der Waals surface area (Å²) in [6, 6.07) is 3.77. The third-order valence-electron chi connectivity index (χ3n) is 7.28. The van der Waals surface area contributed by atoms with Crippen LogP contribution in [0.5, 0.6) is 5.88 Å². The Labute approximate surface area is 237 Å². The number of aryl methyl sites for hydroxylation is 1. The standard InChI is InChI=1S/C27H25F4N9O2/c1-37-12-19(27(29,30)31)35-23(37)16-8-5-14(9-17(16)28)11-40-24-18(38(2)26(41)39(40)3)10-32-22(36-24)20-21(15-6-7-15)33-13-34-25(20)42-4/h5,8-10,12-13,15H,6-7,11H2,1-4H3. The number of anilines is 2. The smallest absolute Gasteiger partial charge is 0.434 e. The lowest BCUT2D eigenvalue weighted by molar-refractivity contribution is -0.140. The van der Waals surface area contributed by atoms with Crippen molar-refractivity contribution in [2.75, 3.05) is 31.1 Å². The van der Waals surface area contributed by atoms with E-state index in [1.54, 1.807) is 25.2 Å². The second-order valence-corrected chi connectivity index (χ2v) is 10.1. The van der Waals surface area contributed by atoms with Gasteiger partial charge in [-0.25, -0.2) is 39.1 Å². The highest BCUT2D eigenvalue weighted by molar-refractivity contribution is 5.98. The zero-order valence-electron chi connectivity index (χ0n) is 23.0. The van der Waals surface area contributed by atoms with Gasteiger partial charge in [0.15, 0.2) is 17.3 Å². The van der Waals surface area contributed by atoms with Crippen molar-refractivity contribution in [3.05, 3.63) is 59.7 Å². The van der Waals surface area contributed by atoms with E-state index in [4.69, 9.17) is 9.72 Å². The number of nitrogens with zero attached hydrogens (tertiary/aromatic N) is 9. The van der Waals surface area contributed by atoms with E-state index in [9.17, 15) is 18.0 Å². The molecule has 11 nitrogen and oxygen atoms in total. The highest BCUT2D eigenvalue weighted by Crippen LogP contribution is 2.45. The van der Waals surface area contributed by atoms with Gasteiger partial charge in [0.1, 0.15) is 29.2 Å². The summed E-state index contributed by atoms with van der Waals surface area (Å²) in [7, 11) is 6.02. The van der Waals surface area contributed by atoms with Crippen LogP contribution in [-0.2, 0) is 19.8 Å². The summed E-state index contributed by atoms with van der Waals surface area (Å²) in [4.78, 5) is 36.1. The molecule has 0 spiro atoms. The molecule has 1 fully saturated rings. The van der Waals surface area contributed by atoms with Crippen LogP contribution in [0, 0.1) is 5.82 Å². The number of hydrogen-bond donors (Lipinski definition) is 0. The van der Waals surface area contributed by atoms with Crippen molar-refractivity contribution < 1.29 is 27.1 Å². The van der Waals surface area contributed by atoms with Crippen molar-refractivity contribution in [2.24, 2.45) is 7.05 Å². The van der Waals surface area contributed by atoms with Crippen molar-refractivity contribution in [3.8, 4) is 28.7 Å². The number of hydrazine groups is 1. The highest BCUT2D eigenvalue weighted by atomic mass is 19.4. The average Bonchev–Trinajstić information content (AvgIpc) is 3.74. The minimum atomic E-state index is -4.66. The van der Waals surface area contributed by atoms with E-state index in [0.717, 1.165) is 29.3 Å². The number of halogens is 4. The van der Waals surface area contributed by atoms with Crippen molar-refractivity contribution in [2.45, 2.75) is 31.5 Å². The Balaban J connectivity index is 1.38. The van der Waals surface area contributed by atoms with Gasteiger partial charge in [-0.1, -0.05) is 6.07 Å². The van der Waals surface area contributed by atoms with Crippen molar-refractivity contribution >= 4 is 17.5 Å². The van der Waals surface area contributed by atoms with Crippen LogP contribution in [-0.4, -0.2) is 61.7 Å². The third-order valence-corrected chi connectivity index (χ3v) is 7.28. The summed E-state index contributed by atoms with van der Waals surface area (Å²) >= 11 is 0. The number of alkyl halides is 3. The molecule has 2 aliphatic rings. The number of carbonyl (C=O) groups is 1. The van der Waals surface area contributed by atoms with E-state index in [1.807, 2.05) is 0 Å². The zero-order valence-corrected chi connectivity index (χ0v) is 23.0. The van der Waals surface area contributed by atoms with Crippen LogP contribution in [0.1, 0.15) is 35.7 Å². The van der Waals surface area contributed by atoms with Gasteiger partial charge in [0.25, 0.3) is 0 Å². The van der Waals surface area contributed by atoms with Gasteiger partial charge >= 0.3 is 12.2 Å². The molecular weight excluding hydrogens is 558 g/mol. The number of benzene rings is 1. The maximum absolute atomic E-state index is 15.3. The van der Waals surface area contributed by atoms with E-state index in [0.29, 0.717) is 34.3 Å². The molecule has 15 heteroatoms. The molecular formula is C27H25F4N9O2. The Morgan fingerprint density at radius 1 is 1.07 bits per heavy atom. The fourth-order valence-corrected chi connectivity index (χ4v) is 4.94. The van der Waals surface area contributed by atoms with Gasteiger partial charge in [0, 0.05) is 33.3 Å². The fraction of sp³-hybridized carbons (Fsp3) is 0.333. The quantitative estimate of drug-likeness (QED) is 0.298. The molecule has 0 atom stereocenters. The molecule has 0 bridgehead atoms. The minimum absolute atomic E-state index is 0.0169. The average molecular weight is 584 g/mol. The first-order chi connectivity index (χ1) is 20.0. The van der Waals surface area contributed by atoms with E-state index in [-0.39, 0.29) is 29.9 Å². The molecule has 3 aromatic heterocycles. The number of ether oxygens (including phenoxy) is 1. The summed E-state index contributed by atoms with van der Waals surface area (Å²) < 4.78 is 61.4. The van der Waals surface area contributed by atoms with E-state index in [1.165, 1.54) is 48.7 Å². The van der Waals surface area contributed by atoms with Crippen LogP contribution in [0.3, 0.4) is 0 Å². The SMILES string of the molecule is COc1ncnc(C2CC2)c1-c1ncc2c(n1)N(Cc1ccc(-c3nc(C(F)(F)F)cn3C)c(F)c1)N(C)C(=O)N2C. The van der Waals surface area contributed by atoms with E-state index < -0.39 is 17.7 Å². The van der Waals surface area contributed by atoms with Gasteiger partial charge in [-0.15, -0.1) is 0 Å². The Hall–Kier alpha value is -4.82. The number of imidazole rings is 1. The first-order valence-electron chi connectivity index (χ1n) is 12.9. The number of fused-ring (bicyclic) bond motifs is 1. The van der Waals surface area contributed by atoms with Gasteiger partial charge in [-0.05, 0) is 30.5 Å². The van der Waals surface area contributed by atoms with Crippen LogP contribution in [0.4, 0.5) is 33.9 Å². The van der Waals surface area contributed by atoms with Gasteiger partial charge in [-0.2, -0.15) is 13.2 Å². The summed E-state index contributed by atoms with van der Waals surface area (Å²) in [6.07, 6.45) is 1.07. The molecule has 6 rings (SSSR count). The largest absolute Gasteiger partial charge is 0.480 e. The monoisotopic (exact) mass is 583 g/mol. The maximum Gasteiger partial charge on any atom is 0.434 e. The molecule has 0 N–H and O–H groups in total. The Bertz CT molecular complexity index is 1700. The normalized spacial score (nSPS) is 15.3. The Morgan fingerprint density at radius 3 is 2.48 bits per heavy atom. The second kappa shape index (κ2) is 9.92. The first-order valence-corrected chi connectivity index (χ1v) is 12.9. The molecule has 218 valence electrons. The predicted octanol–water partition coefficient (Wildman–Crippen LogP) is 4.80. The number of urea groups is 1. The zero-order chi connectivity index (χ0) is 29.9. The molecule has 4 heterocycles. The Kier molecular flexibility index (Phi) is 6.46. The molecule has 0 unspecified atom stereocenters. The molecule has 2 amide bonds. The number of hydrogen-bond acceptors (Lipinski definition) is 8. The van der Waals surface area contributed by atoms with E-state index >= 15 is 4.39 Å². The van der Waals surface area contributed by atoms with Gasteiger partial charge in [0.2, 0.25) is 5.88 Å². The van der Waals surface area contributed by atoms with Crippen LogP contribution in [0.15, 0.2) is 36.9 Å². The summed E-state index contributed by atoms with van der Waals surface area (Å²) in [6.45, 7) is 0.0169. The highest BCUT2D eigenvalue weighted by Gasteiger charge is 2.37. The number of aromatic nitrogens is 6. The second-order valence-electron chi connectivity index (χ2n) is 10.1. The number of methoxy groups -OCH3 is 1.